The first-order valence-electron chi connectivity index (χ1n) is 10.4. The normalized spacial score (nSPS) is 14.1. The van der Waals surface area contributed by atoms with Crippen molar-refractivity contribution < 1.29 is 14.0 Å². The number of rotatable bonds is 5. The number of amides is 2. The van der Waals surface area contributed by atoms with Gasteiger partial charge in [0, 0.05) is 24.7 Å². The Balaban J connectivity index is 1.28. The Hall–Kier alpha value is -3.53. The molecule has 1 aliphatic rings. The number of carbonyl (C=O) groups excluding carboxylic acids is 2. The Kier molecular flexibility index (Phi) is 6.83. The van der Waals surface area contributed by atoms with Gasteiger partial charge in [-0.25, -0.2) is 13.9 Å². The minimum Gasteiger partial charge on any atom is -0.338 e. The van der Waals surface area contributed by atoms with Gasteiger partial charge in [-0.2, -0.15) is 5.10 Å². The molecule has 0 spiro atoms. The van der Waals surface area contributed by atoms with E-state index in [-0.39, 0.29) is 28.0 Å². The molecule has 1 aliphatic heterocycles. The van der Waals surface area contributed by atoms with Crippen LogP contribution in [0.5, 0.6) is 0 Å². The van der Waals surface area contributed by atoms with Gasteiger partial charge in [-0.15, -0.1) is 0 Å². The molecule has 8 nitrogen and oxygen atoms in total. The van der Waals surface area contributed by atoms with E-state index in [4.69, 9.17) is 5.41 Å². The number of piperidine rings is 1. The predicted molar refractivity (Wildman–Crippen MR) is 127 cm³/mol. The SMILES string of the molecule is N=C(Nc1ccc(F)c(Br)c1)C(=O)C1CCN(C(=O)Nc2cnn(-c3ccccc3)c2)CC1. The second-order valence-electron chi connectivity index (χ2n) is 7.69. The standard InChI is InChI=1S/C23H22BrFN6O2/c24-19-12-16(6-7-20(19)25)28-22(26)21(32)15-8-10-30(11-9-15)23(33)29-17-13-27-31(14-17)18-4-2-1-3-5-18/h1-7,12-15H,8-11H2,(H2,26,28)(H,29,33). The number of hydrogen-bond donors (Lipinski definition) is 3. The highest BCUT2D eigenvalue weighted by Gasteiger charge is 2.29. The van der Waals surface area contributed by atoms with Crippen molar-refractivity contribution in [3.63, 3.8) is 0 Å². The second-order valence-corrected chi connectivity index (χ2v) is 8.55. The smallest absolute Gasteiger partial charge is 0.321 e. The molecule has 33 heavy (non-hydrogen) atoms. The number of hydrogen-bond acceptors (Lipinski definition) is 4. The Morgan fingerprint density at radius 3 is 2.48 bits per heavy atom. The van der Waals surface area contributed by atoms with Crippen LogP contribution < -0.4 is 10.6 Å². The van der Waals surface area contributed by atoms with E-state index in [9.17, 15) is 14.0 Å². The quantitative estimate of drug-likeness (QED) is 0.341. The number of urea groups is 1. The van der Waals surface area contributed by atoms with Gasteiger partial charge in [0.1, 0.15) is 5.82 Å². The number of para-hydroxylation sites is 1. The number of likely N-dealkylation sites (tertiary alicyclic amines) is 1. The van der Waals surface area contributed by atoms with Crippen LogP contribution in [0.4, 0.5) is 20.6 Å². The third-order valence-corrected chi connectivity index (χ3v) is 6.05. The fourth-order valence-corrected chi connectivity index (χ4v) is 4.02. The molecular formula is C23H22BrFN6O2. The number of amidine groups is 1. The number of nitrogens with zero attached hydrogens (tertiary/aromatic N) is 3. The van der Waals surface area contributed by atoms with E-state index in [2.05, 4.69) is 31.7 Å². The van der Waals surface area contributed by atoms with Crippen molar-refractivity contribution in [3.8, 4) is 5.69 Å². The van der Waals surface area contributed by atoms with Crippen molar-refractivity contribution in [2.45, 2.75) is 12.8 Å². The number of halogens is 2. The zero-order valence-electron chi connectivity index (χ0n) is 17.6. The van der Waals surface area contributed by atoms with E-state index >= 15 is 0 Å². The summed E-state index contributed by atoms with van der Waals surface area (Å²) in [6.07, 6.45) is 4.26. The molecule has 3 aromatic rings. The van der Waals surface area contributed by atoms with Gasteiger partial charge in [0.25, 0.3) is 0 Å². The van der Waals surface area contributed by atoms with Gasteiger partial charge in [0.2, 0.25) is 5.78 Å². The lowest BCUT2D eigenvalue weighted by molar-refractivity contribution is -0.117. The third-order valence-electron chi connectivity index (χ3n) is 5.44. The minimum absolute atomic E-state index is 0.246. The number of nitrogens with one attached hydrogen (secondary N) is 3. The van der Waals surface area contributed by atoms with Crippen LogP contribution >= 0.6 is 15.9 Å². The van der Waals surface area contributed by atoms with Crippen LogP contribution in [0.2, 0.25) is 0 Å². The first kappa shape index (κ1) is 22.7. The number of carbonyl (C=O) groups is 2. The first-order chi connectivity index (χ1) is 15.9. The molecule has 170 valence electrons. The van der Waals surface area contributed by atoms with E-state index in [0.29, 0.717) is 37.3 Å². The molecule has 2 amide bonds. The number of anilines is 2. The van der Waals surface area contributed by atoms with Crippen LogP contribution in [0.1, 0.15) is 12.8 Å². The summed E-state index contributed by atoms with van der Waals surface area (Å²) in [5, 5.41) is 17.9. The Bertz CT molecular complexity index is 1170. The lowest BCUT2D eigenvalue weighted by Gasteiger charge is -2.31. The van der Waals surface area contributed by atoms with Crippen LogP contribution in [0.15, 0.2) is 65.4 Å². The van der Waals surface area contributed by atoms with Crippen LogP contribution in [-0.2, 0) is 4.79 Å². The Labute approximate surface area is 198 Å². The van der Waals surface area contributed by atoms with E-state index in [1.807, 2.05) is 30.3 Å². The summed E-state index contributed by atoms with van der Waals surface area (Å²) < 4.78 is 15.3. The second kappa shape index (κ2) is 9.95. The summed E-state index contributed by atoms with van der Waals surface area (Å²) in [6, 6.07) is 13.5. The van der Waals surface area contributed by atoms with Crippen LogP contribution in [0.3, 0.4) is 0 Å². The van der Waals surface area contributed by atoms with Gasteiger partial charge in [-0.05, 0) is 59.1 Å². The highest BCUT2D eigenvalue weighted by molar-refractivity contribution is 9.10. The summed E-state index contributed by atoms with van der Waals surface area (Å²) in [5.74, 6) is -1.33. The van der Waals surface area contributed by atoms with Gasteiger partial charge in [0.15, 0.2) is 5.84 Å². The molecule has 0 saturated carbocycles. The maximum absolute atomic E-state index is 13.4. The van der Waals surface area contributed by atoms with Gasteiger partial charge >= 0.3 is 6.03 Å². The number of ketones is 1. The average Bonchev–Trinajstić information content (AvgIpc) is 3.30. The molecule has 3 N–H and O–H groups in total. The molecule has 0 unspecified atom stereocenters. The molecule has 1 saturated heterocycles. The predicted octanol–water partition coefficient (Wildman–Crippen LogP) is 4.68. The first-order valence-corrected chi connectivity index (χ1v) is 11.2. The molecule has 2 heterocycles. The van der Waals surface area contributed by atoms with Crippen molar-refractivity contribution >= 4 is 45.0 Å². The molecule has 0 radical (unpaired) electrons. The summed E-state index contributed by atoms with van der Waals surface area (Å²) >= 11 is 3.09. The van der Waals surface area contributed by atoms with Crippen molar-refractivity contribution in [1.82, 2.24) is 14.7 Å². The maximum Gasteiger partial charge on any atom is 0.321 e. The Morgan fingerprint density at radius 1 is 1.06 bits per heavy atom. The maximum atomic E-state index is 13.4. The van der Waals surface area contributed by atoms with Crippen LogP contribution in [0, 0.1) is 17.1 Å². The molecule has 0 atom stereocenters. The van der Waals surface area contributed by atoms with E-state index in [0.717, 1.165) is 5.69 Å². The monoisotopic (exact) mass is 512 g/mol. The largest absolute Gasteiger partial charge is 0.338 e. The summed E-state index contributed by atoms with van der Waals surface area (Å²) in [6.45, 7) is 0.814. The zero-order valence-corrected chi connectivity index (χ0v) is 19.2. The van der Waals surface area contributed by atoms with Gasteiger partial charge in [0.05, 0.1) is 28.2 Å². The zero-order chi connectivity index (χ0) is 23.4. The van der Waals surface area contributed by atoms with Gasteiger partial charge in [-0.3, -0.25) is 10.2 Å². The average molecular weight is 513 g/mol. The number of Topliss-reactive ketones (excluding diaryl/α,β-unsaturated/α-hetero) is 1. The summed E-state index contributed by atoms with van der Waals surface area (Å²) in [5.41, 5.74) is 1.93. The van der Waals surface area contributed by atoms with E-state index in [1.54, 1.807) is 22.0 Å². The van der Waals surface area contributed by atoms with Gasteiger partial charge in [-0.1, -0.05) is 18.2 Å². The van der Waals surface area contributed by atoms with E-state index in [1.165, 1.54) is 18.2 Å². The number of aromatic nitrogens is 2. The van der Waals surface area contributed by atoms with Crippen LogP contribution in [0.25, 0.3) is 5.69 Å². The third kappa shape index (κ3) is 5.46. The van der Waals surface area contributed by atoms with Crippen LogP contribution in [-0.4, -0.2) is 45.4 Å². The molecule has 2 aromatic carbocycles. The molecule has 10 heteroatoms. The van der Waals surface area contributed by atoms with Crippen molar-refractivity contribution in [2.24, 2.45) is 5.92 Å². The van der Waals surface area contributed by atoms with Crippen molar-refractivity contribution in [1.29, 1.82) is 5.41 Å². The molecular weight excluding hydrogens is 491 g/mol. The topological polar surface area (TPSA) is 103 Å². The van der Waals surface area contributed by atoms with Gasteiger partial charge < -0.3 is 15.5 Å². The highest BCUT2D eigenvalue weighted by Crippen LogP contribution is 2.23. The molecule has 4 rings (SSSR count). The lowest BCUT2D eigenvalue weighted by atomic mass is 9.92. The minimum atomic E-state index is -0.420. The Morgan fingerprint density at radius 2 is 1.79 bits per heavy atom. The summed E-state index contributed by atoms with van der Waals surface area (Å²) in [4.78, 5) is 26.9. The van der Waals surface area contributed by atoms with E-state index < -0.39 is 5.82 Å². The fourth-order valence-electron chi connectivity index (χ4n) is 3.64. The number of benzene rings is 2. The molecule has 0 aliphatic carbocycles. The molecule has 1 aromatic heterocycles. The lowest BCUT2D eigenvalue weighted by Crippen LogP contribution is -2.44. The fraction of sp³-hybridized carbons (Fsp3) is 0.217. The highest BCUT2D eigenvalue weighted by atomic mass is 79.9. The summed E-state index contributed by atoms with van der Waals surface area (Å²) in [7, 11) is 0. The molecule has 0 bridgehead atoms. The van der Waals surface area contributed by atoms with Crippen molar-refractivity contribution in [2.75, 3.05) is 23.7 Å². The molecule has 1 fully saturated rings. The van der Waals surface area contributed by atoms with Crippen molar-refractivity contribution in [3.05, 3.63) is 71.2 Å².